The number of benzene rings is 1. The molecular formula is C17H27N3OS. The quantitative estimate of drug-likeness (QED) is 0.363. The highest BCUT2D eigenvalue weighted by molar-refractivity contribution is 7.99. The lowest BCUT2D eigenvalue weighted by molar-refractivity contribution is 0.195. The third-order valence-electron chi connectivity index (χ3n) is 3.83. The fourth-order valence-electron chi connectivity index (χ4n) is 2.64. The Bertz CT molecular complexity index is 452. The molecule has 1 saturated heterocycles. The number of guanidine groups is 1. The van der Waals surface area contributed by atoms with Gasteiger partial charge in [-0.25, -0.2) is 0 Å². The van der Waals surface area contributed by atoms with Gasteiger partial charge in [0.25, 0.3) is 0 Å². The maximum atomic E-state index is 5.08. The predicted molar refractivity (Wildman–Crippen MR) is 94.7 cm³/mol. The third-order valence-corrected chi connectivity index (χ3v) is 5.08. The highest BCUT2D eigenvalue weighted by Crippen LogP contribution is 2.25. The average Bonchev–Trinajstić information content (AvgIpc) is 3.03. The summed E-state index contributed by atoms with van der Waals surface area (Å²) in [7, 11) is 3.61. The van der Waals surface area contributed by atoms with Crippen LogP contribution in [0.5, 0.6) is 0 Å². The molecule has 122 valence electrons. The van der Waals surface area contributed by atoms with Gasteiger partial charge in [-0.2, -0.15) is 0 Å². The SMILES string of the molecule is CN=C(NCCCOC)N1CCC(CSc2ccccc2)C1. The molecule has 1 aromatic carbocycles. The molecule has 5 heteroatoms. The summed E-state index contributed by atoms with van der Waals surface area (Å²) in [6, 6.07) is 10.7. The van der Waals surface area contributed by atoms with Crippen molar-refractivity contribution in [3.05, 3.63) is 30.3 Å². The van der Waals surface area contributed by atoms with E-state index < -0.39 is 0 Å². The molecule has 1 unspecified atom stereocenters. The number of rotatable bonds is 7. The van der Waals surface area contributed by atoms with Crippen molar-refractivity contribution in [3.63, 3.8) is 0 Å². The zero-order valence-electron chi connectivity index (χ0n) is 13.6. The van der Waals surface area contributed by atoms with Gasteiger partial charge in [0, 0.05) is 51.0 Å². The summed E-state index contributed by atoms with van der Waals surface area (Å²) in [4.78, 5) is 8.15. The first kappa shape index (κ1) is 17.2. The first-order valence-corrected chi connectivity index (χ1v) is 8.94. The number of hydrogen-bond acceptors (Lipinski definition) is 3. The molecule has 1 aliphatic rings. The summed E-state index contributed by atoms with van der Waals surface area (Å²) in [6.07, 6.45) is 2.26. The van der Waals surface area contributed by atoms with Crippen molar-refractivity contribution in [3.8, 4) is 0 Å². The van der Waals surface area contributed by atoms with Crippen LogP contribution in [0.2, 0.25) is 0 Å². The summed E-state index contributed by atoms with van der Waals surface area (Å²) < 4.78 is 5.08. The van der Waals surface area contributed by atoms with Crippen LogP contribution >= 0.6 is 11.8 Å². The van der Waals surface area contributed by atoms with Crippen LogP contribution in [0.25, 0.3) is 0 Å². The number of likely N-dealkylation sites (tertiary alicyclic amines) is 1. The molecule has 0 aliphatic carbocycles. The number of thioether (sulfide) groups is 1. The molecule has 1 fully saturated rings. The van der Waals surface area contributed by atoms with Crippen molar-refractivity contribution in [1.82, 2.24) is 10.2 Å². The first-order valence-electron chi connectivity index (χ1n) is 7.96. The highest BCUT2D eigenvalue weighted by atomic mass is 32.2. The van der Waals surface area contributed by atoms with E-state index in [2.05, 4.69) is 45.5 Å². The van der Waals surface area contributed by atoms with E-state index in [4.69, 9.17) is 4.74 Å². The van der Waals surface area contributed by atoms with Gasteiger partial charge in [0.15, 0.2) is 5.96 Å². The lowest BCUT2D eigenvalue weighted by Gasteiger charge is -2.21. The highest BCUT2D eigenvalue weighted by Gasteiger charge is 2.24. The Morgan fingerprint density at radius 2 is 2.23 bits per heavy atom. The maximum absolute atomic E-state index is 5.08. The van der Waals surface area contributed by atoms with Gasteiger partial charge in [-0.1, -0.05) is 18.2 Å². The molecular weight excluding hydrogens is 294 g/mol. The molecule has 1 atom stereocenters. The van der Waals surface area contributed by atoms with E-state index in [0.717, 1.165) is 44.5 Å². The monoisotopic (exact) mass is 321 g/mol. The zero-order chi connectivity index (χ0) is 15.6. The standard InChI is InChI=1S/C17H27N3OS/c1-18-17(19-10-6-12-21-2)20-11-9-15(13-20)14-22-16-7-4-3-5-8-16/h3-5,7-8,15H,6,9-14H2,1-2H3,(H,18,19). The van der Waals surface area contributed by atoms with Gasteiger partial charge in [0.1, 0.15) is 0 Å². The molecule has 22 heavy (non-hydrogen) atoms. The second-order valence-electron chi connectivity index (χ2n) is 5.55. The van der Waals surface area contributed by atoms with E-state index in [1.165, 1.54) is 17.1 Å². The minimum Gasteiger partial charge on any atom is -0.385 e. The molecule has 1 N–H and O–H groups in total. The van der Waals surface area contributed by atoms with Crippen LogP contribution in [0.15, 0.2) is 40.2 Å². The number of methoxy groups -OCH3 is 1. The van der Waals surface area contributed by atoms with Crippen LogP contribution in [0.1, 0.15) is 12.8 Å². The van der Waals surface area contributed by atoms with Crippen LogP contribution in [-0.2, 0) is 4.74 Å². The van der Waals surface area contributed by atoms with Crippen LogP contribution in [-0.4, -0.2) is 57.0 Å². The van der Waals surface area contributed by atoms with Crippen molar-refractivity contribution in [2.75, 3.05) is 46.2 Å². The lowest BCUT2D eigenvalue weighted by Crippen LogP contribution is -2.40. The van der Waals surface area contributed by atoms with Crippen molar-refractivity contribution >= 4 is 17.7 Å². The van der Waals surface area contributed by atoms with Crippen LogP contribution in [0.4, 0.5) is 0 Å². The van der Waals surface area contributed by atoms with E-state index in [-0.39, 0.29) is 0 Å². The molecule has 0 radical (unpaired) electrons. The van der Waals surface area contributed by atoms with E-state index in [0.29, 0.717) is 0 Å². The summed E-state index contributed by atoms with van der Waals surface area (Å²) in [5.41, 5.74) is 0. The maximum Gasteiger partial charge on any atom is 0.193 e. The minimum atomic E-state index is 0.739. The van der Waals surface area contributed by atoms with Gasteiger partial charge in [-0.05, 0) is 30.9 Å². The molecule has 2 rings (SSSR count). The fraction of sp³-hybridized carbons (Fsp3) is 0.588. The molecule has 1 aliphatic heterocycles. The van der Waals surface area contributed by atoms with Gasteiger partial charge >= 0.3 is 0 Å². The van der Waals surface area contributed by atoms with Crippen LogP contribution in [0, 0.1) is 5.92 Å². The molecule has 0 aromatic heterocycles. The van der Waals surface area contributed by atoms with Gasteiger partial charge in [0.05, 0.1) is 0 Å². The molecule has 4 nitrogen and oxygen atoms in total. The second kappa shape index (κ2) is 9.74. The smallest absolute Gasteiger partial charge is 0.193 e. The van der Waals surface area contributed by atoms with Crippen molar-refractivity contribution < 1.29 is 4.74 Å². The summed E-state index contributed by atoms with van der Waals surface area (Å²) in [5.74, 6) is 2.95. The predicted octanol–water partition coefficient (Wildman–Crippen LogP) is 2.71. The van der Waals surface area contributed by atoms with E-state index in [1.54, 1.807) is 7.11 Å². The van der Waals surface area contributed by atoms with Gasteiger partial charge in [-0.15, -0.1) is 11.8 Å². The average molecular weight is 321 g/mol. The fourth-order valence-corrected chi connectivity index (χ4v) is 3.69. The number of ether oxygens (including phenoxy) is 1. The number of nitrogens with zero attached hydrogens (tertiary/aromatic N) is 2. The molecule has 0 amide bonds. The Kier molecular flexibility index (Phi) is 7.60. The number of nitrogens with one attached hydrogen (secondary N) is 1. The van der Waals surface area contributed by atoms with E-state index in [1.807, 2.05) is 18.8 Å². The minimum absolute atomic E-state index is 0.739. The Balaban J connectivity index is 1.71. The van der Waals surface area contributed by atoms with E-state index in [9.17, 15) is 0 Å². The topological polar surface area (TPSA) is 36.9 Å². The third kappa shape index (κ3) is 5.54. The molecule has 0 saturated carbocycles. The van der Waals surface area contributed by atoms with Crippen LogP contribution < -0.4 is 5.32 Å². The van der Waals surface area contributed by atoms with Gasteiger partial charge in [0.2, 0.25) is 0 Å². The lowest BCUT2D eigenvalue weighted by atomic mass is 10.2. The molecule has 0 bridgehead atoms. The zero-order valence-corrected chi connectivity index (χ0v) is 14.4. The van der Waals surface area contributed by atoms with Crippen molar-refractivity contribution in [2.45, 2.75) is 17.7 Å². The Hall–Kier alpha value is -1.20. The van der Waals surface area contributed by atoms with Gasteiger partial charge in [-0.3, -0.25) is 4.99 Å². The molecule has 1 heterocycles. The van der Waals surface area contributed by atoms with Crippen molar-refractivity contribution in [2.24, 2.45) is 10.9 Å². The van der Waals surface area contributed by atoms with E-state index >= 15 is 0 Å². The number of aliphatic imine (C=N–C) groups is 1. The molecule has 1 aromatic rings. The largest absolute Gasteiger partial charge is 0.385 e. The Morgan fingerprint density at radius 3 is 2.95 bits per heavy atom. The molecule has 0 spiro atoms. The van der Waals surface area contributed by atoms with Gasteiger partial charge < -0.3 is 15.0 Å². The summed E-state index contributed by atoms with van der Waals surface area (Å²) >= 11 is 1.96. The second-order valence-corrected chi connectivity index (χ2v) is 6.64. The first-order chi connectivity index (χ1) is 10.8. The van der Waals surface area contributed by atoms with Crippen LogP contribution in [0.3, 0.4) is 0 Å². The van der Waals surface area contributed by atoms with Crippen molar-refractivity contribution in [1.29, 1.82) is 0 Å². The normalized spacial score (nSPS) is 18.7. The number of hydrogen-bond donors (Lipinski definition) is 1. The Morgan fingerprint density at radius 1 is 1.41 bits per heavy atom. The summed E-state index contributed by atoms with van der Waals surface area (Å²) in [5, 5.41) is 3.43. The summed E-state index contributed by atoms with van der Waals surface area (Å²) in [6.45, 7) is 3.91. The Labute approximate surface area is 138 Å².